The molecular formula is C23H21Cl2N3O7S2. The highest BCUT2D eigenvalue weighted by atomic mass is 35.5. The van der Waals surface area contributed by atoms with E-state index in [9.17, 15) is 31.5 Å². The standard InChI is InChI=1S/C23H21Cl2N3O7S2/c1-2-18(22(29)28-36(32,33)17-12-8-15(25)9-13-17)26-19-4-3-5-20(21(19)23(30)31)37(34,35)27-16-10-6-14(24)7-11-16/h3-13,18,26-27H,2H2,1H3,(H,28,29)(H,30,31). The van der Waals surface area contributed by atoms with Crippen LogP contribution < -0.4 is 14.8 Å². The average Bonchev–Trinajstić information content (AvgIpc) is 2.83. The van der Waals surface area contributed by atoms with Gasteiger partial charge in [0.25, 0.3) is 26.0 Å². The number of halogens is 2. The highest BCUT2D eigenvalue weighted by Crippen LogP contribution is 2.27. The molecule has 0 aliphatic heterocycles. The van der Waals surface area contributed by atoms with E-state index >= 15 is 0 Å². The van der Waals surface area contributed by atoms with Crippen LogP contribution in [0.2, 0.25) is 10.0 Å². The summed E-state index contributed by atoms with van der Waals surface area (Å²) >= 11 is 11.6. The Bertz CT molecular complexity index is 1530. The van der Waals surface area contributed by atoms with Crippen LogP contribution in [0, 0.1) is 0 Å². The number of hydrogen-bond acceptors (Lipinski definition) is 7. The average molecular weight is 586 g/mol. The van der Waals surface area contributed by atoms with Crippen molar-refractivity contribution in [2.75, 3.05) is 10.0 Å². The molecule has 1 amide bonds. The van der Waals surface area contributed by atoms with Crippen LogP contribution in [-0.2, 0) is 24.8 Å². The van der Waals surface area contributed by atoms with Gasteiger partial charge in [0.15, 0.2) is 0 Å². The van der Waals surface area contributed by atoms with Gasteiger partial charge in [0.1, 0.15) is 16.5 Å². The number of sulfonamides is 2. The van der Waals surface area contributed by atoms with Gasteiger partial charge in [-0.25, -0.2) is 26.4 Å². The molecule has 0 spiro atoms. The minimum Gasteiger partial charge on any atom is -0.478 e. The van der Waals surface area contributed by atoms with Gasteiger partial charge in [0, 0.05) is 15.7 Å². The fourth-order valence-electron chi connectivity index (χ4n) is 3.24. The van der Waals surface area contributed by atoms with E-state index in [0.29, 0.717) is 10.0 Å². The Morgan fingerprint density at radius 1 is 0.865 bits per heavy atom. The first kappa shape index (κ1) is 28.3. The molecule has 1 unspecified atom stereocenters. The molecule has 0 aliphatic carbocycles. The zero-order valence-corrected chi connectivity index (χ0v) is 22.2. The third-order valence-electron chi connectivity index (χ3n) is 5.04. The predicted octanol–water partition coefficient (Wildman–Crippen LogP) is 4.19. The molecule has 3 aromatic carbocycles. The number of carbonyl (C=O) groups is 2. The third-order valence-corrected chi connectivity index (χ3v) is 8.33. The fourth-order valence-corrected chi connectivity index (χ4v) is 5.79. The van der Waals surface area contributed by atoms with Gasteiger partial charge in [-0.2, -0.15) is 0 Å². The first-order valence-corrected chi connectivity index (χ1v) is 14.3. The van der Waals surface area contributed by atoms with Crippen molar-refractivity contribution in [2.45, 2.75) is 29.2 Å². The number of aromatic carboxylic acids is 1. The summed E-state index contributed by atoms with van der Waals surface area (Å²) < 4.78 is 55.4. The van der Waals surface area contributed by atoms with Gasteiger partial charge < -0.3 is 10.4 Å². The van der Waals surface area contributed by atoms with Crippen LogP contribution in [0.1, 0.15) is 23.7 Å². The summed E-state index contributed by atoms with van der Waals surface area (Å²) in [5.41, 5.74) is -0.675. The van der Waals surface area contributed by atoms with E-state index in [2.05, 4.69) is 10.0 Å². The second-order valence-electron chi connectivity index (χ2n) is 7.63. The van der Waals surface area contributed by atoms with Gasteiger partial charge in [-0.3, -0.25) is 9.52 Å². The number of amides is 1. The van der Waals surface area contributed by atoms with Crippen LogP contribution in [0.15, 0.2) is 76.5 Å². The van der Waals surface area contributed by atoms with Crippen LogP contribution in [0.4, 0.5) is 11.4 Å². The Labute approximate surface area is 223 Å². The van der Waals surface area contributed by atoms with Gasteiger partial charge in [-0.15, -0.1) is 0 Å². The third kappa shape index (κ3) is 6.92. The molecule has 0 saturated carbocycles. The zero-order valence-electron chi connectivity index (χ0n) is 19.1. The molecule has 4 N–H and O–H groups in total. The van der Waals surface area contributed by atoms with Gasteiger partial charge in [0.05, 0.1) is 10.6 Å². The molecular weight excluding hydrogens is 565 g/mol. The van der Waals surface area contributed by atoms with Crippen LogP contribution in [0.3, 0.4) is 0 Å². The van der Waals surface area contributed by atoms with Crippen molar-refractivity contribution in [2.24, 2.45) is 0 Å². The quantitative estimate of drug-likeness (QED) is 0.275. The summed E-state index contributed by atoms with van der Waals surface area (Å²) in [5.74, 6) is -2.55. The number of benzene rings is 3. The van der Waals surface area contributed by atoms with Crippen molar-refractivity contribution in [1.82, 2.24) is 4.72 Å². The van der Waals surface area contributed by atoms with E-state index < -0.39 is 48.4 Å². The molecule has 0 bridgehead atoms. The molecule has 10 nitrogen and oxygen atoms in total. The minimum absolute atomic E-state index is 0.0427. The molecule has 0 saturated heterocycles. The molecule has 1 atom stereocenters. The van der Waals surface area contributed by atoms with Crippen molar-refractivity contribution in [3.05, 3.63) is 82.3 Å². The Hall–Kier alpha value is -3.32. The topological polar surface area (TPSA) is 159 Å². The molecule has 14 heteroatoms. The molecule has 0 aromatic heterocycles. The molecule has 0 fully saturated rings. The van der Waals surface area contributed by atoms with E-state index in [1.807, 2.05) is 4.72 Å². The Kier molecular flexibility index (Phi) is 8.69. The number of hydrogen-bond donors (Lipinski definition) is 4. The molecule has 37 heavy (non-hydrogen) atoms. The van der Waals surface area contributed by atoms with E-state index in [0.717, 1.165) is 6.07 Å². The smallest absolute Gasteiger partial charge is 0.339 e. The normalized spacial score (nSPS) is 12.4. The van der Waals surface area contributed by atoms with Crippen molar-refractivity contribution in [3.8, 4) is 0 Å². The van der Waals surface area contributed by atoms with E-state index in [1.165, 1.54) is 60.7 Å². The Balaban J connectivity index is 1.90. The van der Waals surface area contributed by atoms with Gasteiger partial charge in [-0.05, 0) is 67.1 Å². The number of carbonyl (C=O) groups excluding carboxylic acids is 1. The van der Waals surface area contributed by atoms with Crippen LogP contribution >= 0.6 is 23.2 Å². The van der Waals surface area contributed by atoms with Gasteiger partial charge in [0.2, 0.25) is 0 Å². The summed E-state index contributed by atoms with van der Waals surface area (Å²) in [4.78, 5) is 24.1. The second kappa shape index (κ2) is 11.4. The van der Waals surface area contributed by atoms with Gasteiger partial charge in [-0.1, -0.05) is 36.2 Å². The number of carboxylic acids is 1. The Morgan fingerprint density at radius 3 is 1.97 bits per heavy atom. The van der Waals surface area contributed by atoms with Crippen molar-refractivity contribution >= 4 is 66.5 Å². The number of rotatable bonds is 10. The van der Waals surface area contributed by atoms with Crippen molar-refractivity contribution in [3.63, 3.8) is 0 Å². The van der Waals surface area contributed by atoms with E-state index in [-0.39, 0.29) is 22.7 Å². The van der Waals surface area contributed by atoms with Crippen molar-refractivity contribution < 1.29 is 31.5 Å². The molecule has 0 heterocycles. The summed E-state index contributed by atoms with van der Waals surface area (Å²) in [5, 5.41) is 13.2. The maximum atomic E-state index is 13.0. The lowest BCUT2D eigenvalue weighted by atomic mass is 10.1. The van der Waals surface area contributed by atoms with E-state index in [1.54, 1.807) is 6.92 Å². The van der Waals surface area contributed by atoms with E-state index in [4.69, 9.17) is 23.2 Å². The maximum Gasteiger partial charge on any atom is 0.339 e. The maximum absolute atomic E-state index is 13.0. The highest BCUT2D eigenvalue weighted by Gasteiger charge is 2.29. The lowest BCUT2D eigenvalue weighted by Crippen LogP contribution is -2.42. The van der Waals surface area contributed by atoms with Crippen LogP contribution in [-0.4, -0.2) is 39.9 Å². The number of anilines is 2. The largest absolute Gasteiger partial charge is 0.478 e. The molecule has 3 rings (SSSR count). The highest BCUT2D eigenvalue weighted by molar-refractivity contribution is 7.92. The zero-order chi connectivity index (χ0) is 27.4. The summed E-state index contributed by atoms with van der Waals surface area (Å²) in [7, 11) is -8.63. The number of carboxylic acid groups (broad SMARTS) is 1. The lowest BCUT2D eigenvalue weighted by Gasteiger charge is -2.20. The second-order valence-corrected chi connectivity index (χ2v) is 11.8. The molecule has 3 aromatic rings. The Morgan fingerprint density at radius 2 is 1.43 bits per heavy atom. The predicted molar refractivity (Wildman–Crippen MR) is 140 cm³/mol. The summed E-state index contributed by atoms with van der Waals surface area (Å²) in [6.45, 7) is 1.56. The number of nitrogens with one attached hydrogen (secondary N) is 3. The minimum atomic E-state index is -4.38. The molecule has 196 valence electrons. The monoisotopic (exact) mass is 585 g/mol. The first-order valence-electron chi connectivity index (χ1n) is 10.6. The molecule has 0 radical (unpaired) electrons. The van der Waals surface area contributed by atoms with Gasteiger partial charge >= 0.3 is 5.97 Å². The SMILES string of the molecule is CCC(Nc1cccc(S(=O)(=O)Nc2ccc(Cl)cc2)c1C(=O)O)C(=O)NS(=O)(=O)c1ccc(Cl)cc1. The van der Waals surface area contributed by atoms with Crippen LogP contribution in [0.25, 0.3) is 0 Å². The van der Waals surface area contributed by atoms with Crippen LogP contribution in [0.5, 0.6) is 0 Å². The summed E-state index contributed by atoms with van der Waals surface area (Å²) in [6.07, 6.45) is 0.0427. The molecule has 0 aliphatic rings. The first-order chi connectivity index (χ1) is 17.3. The fraction of sp³-hybridized carbons (Fsp3) is 0.130. The van der Waals surface area contributed by atoms with Crippen molar-refractivity contribution in [1.29, 1.82) is 0 Å². The lowest BCUT2D eigenvalue weighted by molar-refractivity contribution is -0.120. The summed E-state index contributed by atoms with van der Waals surface area (Å²) in [6, 6.07) is 13.3.